The average molecular weight is 310 g/mol. The van der Waals surface area contributed by atoms with Crippen molar-refractivity contribution in [3.63, 3.8) is 0 Å². The van der Waals surface area contributed by atoms with Gasteiger partial charge in [0.25, 0.3) is 5.91 Å². The van der Waals surface area contributed by atoms with Crippen molar-refractivity contribution in [2.75, 3.05) is 6.54 Å². The molecule has 0 saturated carbocycles. The van der Waals surface area contributed by atoms with Crippen LogP contribution in [0.5, 0.6) is 0 Å². The summed E-state index contributed by atoms with van der Waals surface area (Å²) in [4.78, 5) is 12.3. The molecule has 1 aromatic carbocycles. The molecule has 2 nitrogen and oxygen atoms in total. The fraction of sp³-hybridized carbons (Fsp3) is 0.533. The zero-order valence-corrected chi connectivity index (χ0v) is 12.6. The van der Waals surface area contributed by atoms with E-state index in [4.69, 9.17) is 0 Å². The lowest BCUT2D eigenvalue weighted by Gasteiger charge is -2.15. The Balaban J connectivity index is 2.27. The Bertz CT molecular complexity index is 442. The van der Waals surface area contributed by atoms with Crippen LogP contribution >= 0.6 is 15.9 Å². The van der Waals surface area contributed by atoms with Crippen LogP contribution in [-0.4, -0.2) is 12.5 Å². The lowest BCUT2D eigenvalue weighted by atomic mass is 9.96. The number of carbonyl (C=O) groups excluding carboxylic acids is 1. The highest BCUT2D eigenvalue weighted by Gasteiger charge is 2.17. The van der Waals surface area contributed by atoms with E-state index in [0.717, 1.165) is 31.4 Å². The average Bonchev–Trinajstić information content (AvgIpc) is 2.50. The minimum absolute atomic E-state index is 0.0774. The molecule has 0 bridgehead atoms. The van der Waals surface area contributed by atoms with Gasteiger partial charge in [-0.3, -0.25) is 4.79 Å². The molecule has 18 heavy (non-hydrogen) atoms. The van der Waals surface area contributed by atoms with Crippen molar-refractivity contribution in [3.05, 3.63) is 34.9 Å². The quantitative estimate of drug-likeness (QED) is 0.844. The van der Waals surface area contributed by atoms with E-state index in [2.05, 4.69) is 53.3 Å². The summed E-state index contributed by atoms with van der Waals surface area (Å²) in [6.45, 7) is 5.21. The third kappa shape index (κ3) is 3.14. The second-order valence-electron chi connectivity index (χ2n) is 5.37. The van der Waals surface area contributed by atoms with Crippen LogP contribution in [0.2, 0.25) is 0 Å². The molecule has 1 aromatic rings. The molecule has 0 aromatic heterocycles. The second kappa shape index (κ2) is 5.87. The first-order valence-corrected chi connectivity index (χ1v) is 7.54. The van der Waals surface area contributed by atoms with Gasteiger partial charge < -0.3 is 5.32 Å². The Morgan fingerprint density at radius 2 is 2.17 bits per heavy atom. The number of amides is 1. The highest BCUT2D eigenvalue weighted by Crippen LogP contribution is 2.31. The van der Waals surface area contributed by atoms with E-state index in [1.807, 2.05) is 0 Å². The van der Waals surface area contributed by atoms with Gasteiger partial charge in [-0.2, -0.15) is 0 Å². The third-order valence-corrected chi connectivity index (χ3v) is 4.23. The fourth-order valence-electron chi connectivity index (χ4n) is 2.34. The number of alkyl halides is 1. The van der Waals surface area contributed by atoms with Gasteiger partial charge in [-0.15, -0.1) is 0 Å². The number of carbonyl (C=O) groups is 1. The van der Waals surface area contributed by atoms with Gasteiger partial charge in [0, 0.05) is 16.9 Å². The Hall–Kier alpha value is -0.830. The molecule has 0 fully saturated rings. The summed E-state index contributed by atoms with van der Waals surface area (Å²) in [6, 6.07) is 6.32. The number of rotatable bonds is 3. The van der Waals surface area contributed by atoms with Gasteiger partial charge in [-0.05, 0) is 42.4 Å². The molecule has 0 radical (unpaired) electrons. The molecule has 1 unspecified atom stereocenters. The second-order valence-corrected chi connectivity index (χ2v) is 6.48. The molecule has 0 saturated heterocycles. The highest BCUT2D eigenvalue weighted by molar-refractivity contribution is 9.09. The van der Waals surface area contributed by atoms with Gasteiger partial charge in [-0.25, -0.2) is 0 Å². The highest BCUT2D eigenvalue weighted by atomic mass is 79.9. The van der Waals surface area contributed by atoms with Crippen LogP contribution in [0.15, 0.2) is 18.2 Å². The lowest BCUT2D eigenvalue weighted by molar-refractivity contribution is 0.0956. The number of hydrogen-bond donors (Lipinski definition) is 1. The molecule has 1 aliphatic rings. The van der Waals surface area contributed by atoms with E-state index in [0.29, 0.717) is 10.7 Å². The minimum Gasteiger partial charge on any atom is -0.352 e. The molecule has 1 heterocycles. The van der Waals surface area contributed by atoms with Crippen molar-refractivity contribution in [2.45, 2.75) is 37.9 Å². The summed E-state index contributed by atoms with van der Waals surface area (Å²) in [5, 5.41) is 2.95. The molecule has 0 spiro atoms. The van der Waals surface area contributed by atoms with Crippen molar-refractivity contribution in [1.82, 2.24) is 5.32 Å². The van der Waals surface area contributed by atoms with Gasteiger partial charge in [0.05, 0.1) is 0 Å². The van der Waals surface area contributed by atoms with Gasteiger partial charge in [0.15, 0.2) is 0 Å². The summed E-state index contributed by atoms with van der Waals surface area (Å²) >= 11 is 3.72. The summed E-state index contributed by atoms with van der Waals surface area (Å²) < 4.78 is 0. The number of fused-ring (bicyclic) bond motifs is 1. The molecule has 1 amide bonds. The van der Waals surface area contributed by atoms with E-state index in [1.165, 1.54) is 11.1 Å². The largest absolute Gasteiger partial charge is 0.352 e. The Kier molecular flexibility index (Phi) is 4.44. The molecular weight excluding hydrogens is 290 g/mol. The van der Waals surface area contributed by atoms with Crippen LogP contribution in [0.4, 0.5) is 0 Å². The normalized spacial score (nSPS) is 17.0. The number of nitrogens with one attached hydrogen (secondary N) is 1. The van der Waals surface area contributed by atoms with Crippen LogP contribution < -0.4 is 5.32 Å². The van der Waals surface area contributed by atoms with Crippen LogP contribution in [0.3, 0.4) is 0 Å². The molecule has 1 atom stereocenters. The Morgan fingerprint density at radius 3 is 2.89 bits per heavy atom. The Morgan fingerprint density at radius 1 is 1.39 bits per heavy atom. The summed E-state index contributed by atoms with van der Waals surface area (Å²) in [5.74, 6) is 0.718. The number of halogens is 1. The van der Waals surface area contributed by atoms with Gasteiger partial charge in [0.2, 0.25) is 0 Å². The van der Waals surface area contributed by atoms with Crippen LogP contribution in [-0.2, 0) is 6.42 Å². The van der Waals surface area contributed by atoms with E-state index < -0.39 is 0 Å². The molecule has 1 aliphatic heterocycles. The lowest BCUT2D eigenvalue weighted by Crippen LogP contribution is -2.22. The predicted octanol–water partition coefficient (Wildman–Crippen LogP) is 3.84. The molecule has 3 heteroatoms. The zero-order chi connectivity index (χ0) is 13.1. The van der Waals surface area contributed by atoms with Crippen LogP contribution in [0, 0.1) is 5.92 Å². The summed E-state index contributed by atoms with van der Waals surface area (Å²) in [6.07, 6.45) is 3.10. The zero-order valence-electron chi connectivity index (χ0n) is 11.0. The maximum Gasteiger partial charge on any atom is 0.251 e. The van der Waals surface area contributed by atoms with Crippen molar-refractivity contribution in [3.8, 4) is 0 Å². The molecule has 2 rings (SSSR count). The first kappa shape index (κ1) is 13.6. The smallest absolute Gasteiger partial charge is 0.251 e. The number of hydrogen-bond acceptors (Lipinski definition) is 1. The topological polar surface area (TPSA) is 29.1 Å². The van der Waals surface area contributed by atoms with Crippen LogP contribution in [0.25, 0.3) is 0 Å². The Labute approximate surface area is 117 Å². The maximum atomic E-state index is 12.0. The molecule has 98 valence electrons. The van der Waals surface area contributed by atoms with Crippen molar-refractivity contribution < 1.29 is 4.79 Å². The first-order valence-electron chi connectivity index (χ1n) is 6.63. The monoisotopic (exact) mass is 309 g/mol. The van der Waals surface area contributed by atoms with Gasteiger partial charge in [0.1, 0.15) is 0 Å². The first-order chi connectivity index (χ1) is 8.58. The minimum atomic E-state index is 0.0774. The van der Waals surface area contributed by atoms with Crippen molar-refractivity contribution in [2.24, 2.45) is 5.92 Å². The molecular formula is C15H20BrNO. The fourth-order valence-corrected chi connectivity index (χ4v) is 3.38. The number of aryl methyl sites for hydroxylation is 1. The number of benzene rings is 1. The van der Waals surface area contributed by atoms with E-state index in [-0.39, 0.29) is 5.91 Å². The van der Waals surface area contributed by atoms with Crippen molar-refractivity contribution >= 4 is 21.8 Å². The van der Waals surface area contributed by atoms with Crippen LogP contribution in [0.1, 0.15) is 53.0 Å². The van der Waals surface area contributed by atoms with E-state index in [1.54, 1.807) is 0 Å². The van der Waals surface area contributed by atoms with Gasteiger partial charge >= 0.3 is 0 Å². The van der Waals surface area contributed by atoms with E-state index in [9.17, 15) is 4.79 Å². The molecule has 1 N–H and O–H groups in total. The van der Waals surface area contributed by atoms with Gasteiger partial charge in [-0.1, -0.05) is 41.9 Å². The standard InChI is InChI=1S/C15H20BrNO/c1-10(2)8-14(16)12-6-5-11-4-3-7-17-15(18)13(11)9-12/h5-6,9-10,14H,3-4,7-8H2,1-2H3,(H,17,18). The van der Waals surface area contributed by atoms with E-state index >= 15 is 0 Å². The third-order valence-electron chi connectivity index (χ3n) is 3.33. The predicted molar refractivity (Wildman–Crippen MR) is 78.2 cm³/mol. The van der Waals surface area contributed by atoms with Crippen molar-refractivity contribution in [1.29, 1.82) is 0 Å². The summed E-state index contributed by atoms with van der Waals surface area (Å²) in [5.41, 5.74) is 3.25. The SMILES string of the molecule is CC(C)CC(Br)c1ccc2c(c1)C(=O)NCCC2. The maximum absolute atomic E-state index is 12.0. The molecule has 0 aliphatic carbocycles. The summed E-state index contributed by atoms with van der Waals surface area (Å²) in [7, 11) is 0.